The summed E-state index contributed by atoms with van der Waals surface area (Å²) in [4.78, 5) is 7.98. The molecule has 4 heteroatoms. The van der Waals surface area contributed by atoms with Crippen LogP contribution >= 0.6 is 11.6 Å². The van der Waals surface area contributed by atoms with E-state index in [-0.39, 0.29) is 0 Å². The van der Waals surface area contributed by atoms with E-state index in [0.717, 1.165) is 12.1 Å². The van der Waals surface area contributed by atoms with Crippen molar-refractivity contribution < 1.29 is 4.74 Å². The number of rotatable bonds is 3. The van der Waals surface area contributed by atoms with Crippen LogP contribution in [-0.4, -0.2) is 17.1 Å². The number of ether oxygens (including phenoxy) is 1. The summed E-state index contributed by atoms with van der Waals surface area (Å²) in [5.74, 6) is 1.12. The van der Waals surface area contributed by atoms with Crippen LogP contribution in [0.2, 0.25) is 5.15 Å². The molecule has 0 atom stereocenters. The summed E-state index contributed by atoms with van der Waals surface area (Å²) in [6.07, 6.45) is 2.31. The Hall–Kier alpha value is -0.830. The molecule has 0 amide bonds. The van der Waals surface area contributed by atoms with Gasteiger partial charge in [-0.15, -0.1) is 0 Å². The Morgan fingerprint density at radius 1 is 1.46 bits per heavy atom. The Morgan fingerprint density at radius 3 is 2.69 bits per heavy atom. The van der Waals surface area contributed by atoms with Gasteiger partial charge in [0.15, 0.2) is 10.9 Å². The van der Waals surface area contributed by atoms with Gasteiger partial charge in [-0.25, -0.2) is 9.97 Å². The molecule has 13 heavy (non-hydrogen) atoms. The standard InChI is InChI=1S/C9H13ClN2O/c1-6(2)4-7-8(13-3)9(10)12-5-11-7/h5-6H,4H2,1-3H3. The van der Waals surface area contributed by atoms with Gasteiger partial charge >= 0.3 is 0 Å². The van der Waals surface area contributed by atoms with Crippen LogP contribution in [0.15, 0.2) is 6.33 Å². The third-order valence-corrected chi connectivity index (χ3v) is 1.91. The van der Waals surface area contributed by atoms with Crippen molar-refractivity contribution in [2.24, 2.45) is 5.92 Å². The quantitative estimate of drug-likeness (QED) is 0.703. The average Bonchev–Trinajstić information content (AvgIpc) is 2.03. The molecule has 0 saturated heterocycles. The molecule has 0 bridgehead atoms. The molecule has 0 aliphatic rings. The minimum atomic E-state index is 0.383. The smallest absolute Gasteiger partial charge is 0.177 e. The third-order valence-electron chi connectivity index (χ3n) is 1.64. The fourth-order valence-electron chi connectivity index (χ4n) is 1.12. The first-order valence-electron chi connectivity index (χ1n) is 4.18. The number of halogens is 1. The zero-order chi connectivity index (χ0) is 9.84. The normalized spacial score (nSPS) is 10.5. The Labute approximate surface area is 83.1 Å². The van der Waals surface area contributed by atoms with Crippen LogP contribution in [0.5, 0.6) is 5.75 Å². The summed E-state index contributed by atoms with van der Waals surface area (Å²) in [5.41, 5.74) is 0.873. The maximum atomic E-state index is 5.84. The van der Waals surface area contributed by atoms with Crippen molar-refractivity contribution in [3.05, 3.63) is 17.2 Å². The van der Waals surface area contributed by atoms with Crippen molar-refractivity contribution in [1.82, 2.24) is 9.97 Å². The fraction of sp³-hybridized carbons (Fsp3) is 0.556. The molecule has 0 fully saturated rings. The molecule has 1 aromatic heterocycles. The molecule has 0 N–H and O–H groups in total. The van der Waals surface area contributed by atoms with Crippen molar-refractivity contribution in [2.75, 3.05) is 7.11 Å². The number of aromatic nitrogens is 2. The van der Waals surface area contributed by atoms with Crippen LogP contribution in [0.25, 0.3) is 0 Å². The molecule has 0 aromatic carbocycles. The van der Waals surface area contributed by atoms with Gasteiger partial charge in [0.05, 0.1) is 12.8 Å². The second kappa shape index (κ2) is 4.42. The summed E-state index contributed by atoms with van der Waals surface area (Å²) >= 11 is 5.84. The van der Waals surface area contributed by atoms with E-state index in [1.54, 1.807) is 7.11 Å². The highest BCUT2D eigenvalue weighted by molar-refractivity contribution is 6.30. The highest BCUT2D eigenvalue weighted by Gasteiger charge is 2.10. The van der Waals surface area contributed by atoms with Crippen molar-refractivity contribution in [1.29, 1.82) is 0 Å². The lowest BCUT2D eigenvalue weighted by Crippen LogP contribution is -2.02. The van der Waals surface area contributed by atoms with E-state index in [2.05, 4.69) is 23.8 Å². The molecule has 0 radical (unpaired) electrons. The van der Waals surface area contributed by atoms with Gasteiger partial charge in [0.1, 0.15) is 6.33 Å². The maximum Gasteiger partial charge on any atom is 0.177 e. The predicted octanol–water partition coefficient (Wildman–Crippen LogP) is 2.34. The average molecular weight is 201 g/mol. The molecule has 0 spiro atoms. The van der Waals surface area contributed by atoms with E-state index < -0.39 is 0 Å². The first kappa shape index (κ1) is 10.3. The second-order valence-electron chi connectivity index (χ2n) is 3.24. The molecular weight excluding hydrogens is 188 g/mol. The van der Waals surface area contributed by atoms with Crippen LogP contribution in [0, 0.1) is 5.92 Å². The minimum Gasteiger partial charge on any atom is -0.492 e. The van der Waals surface area contributed by atoms with Crippen LogP contribution in [0.1, 0.15) is 19.5 Å². The van der Waals surface area contributed by atoms with E-state index in [4.69, 9.17) is 16.3 Å². The molecule has 0 unspecified atom stereocenters. The van der Waals surface area contributed by atoms with Gasteiger partial charge in [-0.1, -0.05) is 25.4 Å². The summed E-state index contributed by atoms with van der Waals surface area (Å²) in [7, 11) is 1.58. The SMILES string of the molecule is COc1c(Cl)ncnc1CC(C)C. The topological polar surface area (TPSA) is 35.0 Å². The molecule has 0 saturated carbocycles. The molecule has 0 aliphatic carbocycles. The molecule has 3 nitrogen and oxygen atoms in total. The van der Waals surface area contributed by atoms with E-state index in [1.165, 1.54) is 6.33 Å². The van der Waals surface area contributed by atoms with Crippen molar-refractivity contribution >= 4 is 11.6 Å². The Kier molecular flexibility index (Phi) is 3.48. The van der Waals surface area contributed by atoms with Gasteiger partial charge in [-0.2, -0.15) is 0 Å². The molecule has 1 heterocycles. The molecular formula is C9H13ClN2O. The monoisotopic (exact) mass is 200 g/mol. The van der Waals surface area contributed by atoms with Crippen LogP contribution < -0.4 is 4.74 Å². The van der Waals surface area contributed by atoms with Crippen LogP contribution in [0.3, 0.4) is 0 Å². The zero-order valence-electron chi connectivity index (χ0n) is 8.04. The lowest BCUT2D eigenvalue weighted by Gasteiger charge is -2.09. The third kappa shape index (κ3) is 2.56. The number of methoxy groups -OCH3 is 1. The first-order chi connectivity index (χ1) is 6.15. The Balaban J connectivity index is 2.98. The number of nitrogens with zero attached hydrogens (tertiary/aromatic N) is 2. The highest BCUT2D eigenvalue weighted by Crippen LogP contribution is 2.25. The molecule has 0 aliphatic heterocycles. The first-order valence-corrected chi connectivity index (χ1v) is 4.56. The molecule has 1 aromatic rings. The van der Waals surface area contributed by atoms with Crippen molar-refractivity contribution in [3.8, 4) is 5.75 Å². The summed E-state index contributed by atoms with van der Waals surface area (Å²) < 4.78 is 5.12. The second-order valence-corrected chi connectivity index (χ2v) is 3.60. The van der Waals surface area contributed by atoms with E-state index in [9.17, 15) is 0 Å². The Morgan fingerprint density at radius 2 is 2.15 bits per heavy atom. The predicted molar refractivity (Wildman–Crippen MR) is 52.1 cm³/mol. The maximum absolute atomic E-state index is 5.84. The van der Waals surface area contributed by atoms with Crippen molar-refractivity contribution in [2.45, 2.75) is 20.3 Å². The van der Waals surface area contributed by atoms with E-state index >= 15 is 0 Å². The van der Waals surface area contributed by atoms with Gasteiger partial charge in [0.25, 0.3) is 0 Å². The molecule has 72 valence electrons. The highest BCUT2D eigenvalue weighted by atomic mass is 35.5. The number of hydrogen-bond donors (Lipinski definition) is 0. The summed E-state index contributed by atoms with van der Waals surface area (Å²) in [5, 5.41) is 0.383. The van der Waals surface area contributed by atoms with Gasteiger partial charge in [0, 0.05) is 0 Å². The fourth-order valence-corrected chi connectivity index (χ4v) is 1.35. The zero-order valence-corrected chi connectivity index (χ0v) is 8.80. The lowest BCUT2D eigenvalue weighted by molar-refractivity contribution is 0.401. The summed E-state index contributed by atoms with van der Waals surface area (Å²) in [6, 6.07) is 0. The largest absolute Gasteiger partial charge is 0.492 e. The van der Waals surface area contributed by atoms with Gasteiger partial charge < -0.3 is 4.74 Å². The van der Waals surface area contributed by atoms with Gasteiger partial charge in [-0.05, 0) is 12.3 Å². The summed E-state index contributed by atoms with van der Waals surface area (Å²) in [6.45, 7) is 4.24. The van der Waals surface area contributed by atoms with Crippen LogP contribution in [-0.2, 0) is 6.42 Å². The van der Waals surface area contributed by atoms with E-state index in [0.29, 0.717) is 16.8 Å². The van der Waals surface area contributed by atoms with Crippen LogP contribution in [0.4, 0.5) is 0 Å². The van der Waals surface area contributed by atoms with Gasteiger partial charge in [0.2, 0.25) is 0 Å². The lowest BCUT2D eigenvalue weighted by atomic mass is 10.1. The molecule has 1 rings (SSSR count). The van der Waals surface area contributed by atoms with Gasteiger partial charge in [-0.3, -0.25) is 0 Å². The van der Waals surface area contributed by atoms with Crippen molar-refractivity contribution in [3.63, 3.8) is 0 Å². The number of hydrogen-bond acceptors (Lipinski definition) is 3. The Bertz CT molecular complexity index is 289. The minimum absolute atomic E-state index is 0.383. The van der Waals surface area contributed by atoms with E-state index in [1.807, 2.05) is 0 Å².